The van der Waals surface area contributed by atoms with Crippen LogP contribution in [0.1, 0.15) is 5.82 Å². The summed E-state index contributed by atoms with van der Waals surface area (Å²) in [6.07, 6.45) is 0. The van der Waals surface area contributed by atoms with Crippen LogP contribution in [-0.4, -0.2) is 21.9 Å². The second-order valence-electron chi connectivity index (χ2n) is 3.17. The van der Waals surface area contributed by atoms with Crippen molar-refractivity contribution in [3.8, 4) is 11.4 Å². The van der Waals surface area contributed by atoms with Gasteiger partial charge >= 0.3 is 0 Å². The molecule has 0 aliphatic rings. The zero-order valence-electron chi connectivity index (χ0n) is 8.74. The number of methoxy groups -OCH3 is 1. The molecule has 1 heterocycles. The van der Waals surface area contributed by atoms with Crippen LogP contribution in [-0.2, 0) is 0 Å². The molecule has 0 unspecified atom stereocenters. The summed E-state index contributed by atoms with van der Waals surface area (Å²) in [7, 11) is 1.61. The quantitative estimate of drug-likeness (QED) is 0.856. The molecule has 0 saturated carbocycles. The molecule has 4 nitrogen and oxygen atoms in total. The molecule has 84 valence electrons. The van der Waals surface area contributed by atoms with Crippen molar-refractivity contribution in [2.75, 3.05) is 7.11 Å². The Morgan fingerprint density at radius 1 is 1.38 bits per heavy atom. The average molecular weight is 303 g/mol. The lowest BCUT2D eigenvalue weighted by Gasteiger charge is -2.11. The van der Waals surface area contributed by atoms with Crippen molar-refractivity contribution in [3.05, 3.63) is 33.8 Å². The summed E-state index contributed by atoms with van der Waals surface area (Å²) in [4.78, 5) is 0. The molecule has 0 atom stereocenters. The van der Waals surface area contributed by atoms with Crippen molar-refractivity contribution < 1.29 is 4.74 Å². The van der Waals surface area contributed by atoms with E-state index < -0.39 is 0 Å². The van der Waals surface area contributed by atoms with Crippen LogP contribution in [0.5, 0.6) is 5.75 Å². The molecule has 0 radical (unpaired) electrons. The summed E-state index contributed by atoms with van der Waals surface area (Å²) in [5.74, 6) is 1.43. The first-order valence-corrected chi connectivity index (χ1v) is 5.72. The van der Waals surface area contributed by atoms with Gasteiger partial charge in [0.15, 0.2) is 0 Å². The van der Waals surface area contributed by atoms with Crippen LogP contribution in [0.15, 0.2) is 22.7 Å². The van der Waals surface area contributed by atoms with Gasteiger partial charge in [-0.2, -0.15) is 0 Å². The Morgan fingerprint density at radius 2 is 2.12 bits per heavy atom. The van der Waals surface area contributed by atoms with E-state index in [1.165, 1.54) is 0 Å². The van der Waals surface area contributed by atoms with Gasteiger partial charge in [0.05, 0.1) is 12.8 Å². The van der Waals surface area contributed by atoms with Crippen molar-refractivity contribution in [1.29, 1.82) is 0 Å². The molecular formula is C10H9BrClN3O. The molecule has 0 amide bonds. The fourth-order valence-electron chi connectivity index (χ4n) is 1.45. The molecule has 2 aromatic rings. The predicted molar refractivity (Wildman–Crippen MR) is 65.4 cm³/mol. The van der Waals surface area contributed by atoms with Gasteiger partial charge in [0.25, 0.3) is 0 Å². The molecule has 0 aliphatic heterocycles. The number of benzene rings is 1. The third-order valence-electron chi connectivity index (χ3n) is 2.17. The fourth-order valence-corrected chi connectivity index (χ4v) is 2.05. The largest absolute Gasteiger partial charge is 0.495 e. The van der Waals surface area contributed by atoms with E-state index >= 15 is 0 Å². The van der Waals surface area contributed by atoms with E-state index in [-0.39, 0.29) is 0 Å². The van der Waals surface area contributed by atoms with Crippen molar-refractivity contribution in [2.24, 2.45) is 0 Å². The molecule has 0 fully saturated rings. The van der Waals surface area contributed by atoms with Crippen molar-refractivity contribution in [3.63, 3.8) is 0 Å². The average Bonchev–Trinajstić information content (AvgIpc) is 2.58. The number of hydrogen-bond acceptors (Lipinski definition) is 3. The Bertz CT molecular complexity index is 507. The Kier molecular flexibility index (Phi) is 3.16. The maximum absolute atomic E-state index is 5.98. The third kappa shape index (κ3) is 1.92. The van der Waals surface area contributed by atoms with Gasteiger partial charge in [-0.3, -0.25) is 4.57 Å². The minimum Gasteiger partial charge on any atom is -0.495 e. The standard InChI is InChI=1S/C10H9BrClN3O/c1-6-13-14-10(12)15(6)8-5-7(11)3-4-9(8)16-2/h3-5H,1-2H3. The first-order chi connectivity index (χ1) is 7.63. The highest BCUT2D eigenvalue weighted by Gasteiger charge is 2.13. The number of aryl methyl sites for hydroxylation is 1. The maximum atomic E-state index is 5.98. The van der Waals surface area contributed by atoms with E-state index in [1.807, 2.05) is 25.1 Å². The molecule has 1 aromatic heterocycles. The topological polar surface area (TPSA) is 39.9 Å². The first kappa shape index (κ1) is 11.4. The third-order valence-corrected chi connectivity index (χ3v) is 2.91. The van der Waals surface area contributed by atoms with Gasteiger partial charge in [-0.05, 0) is 36.7 Å². The van der Waals surface area contributed by atoms with E-state index in [0.29, 0.717) is 16.9 Å². The summed E-state index contributed by atoms with van der Waals surface area (Å²) >= 11 is 9.39. The summed E-state index contributed by atoms with van der Waals surface area (Å²) in [5, 5.41) is 8.03. The lowest BCUT2D eigenvalue weighted by Crippen LogP contribution is -2.00. The van der Waals surface area contributed by atoms with Crippen LogP contribution < -0.4 is 4.74 Å². The molecule has 0 spiro atoms. The molecular weight excluding hydrogens is 293 g/mol. The number of halogens is 2. The van der Waals surface area contributed by atoms with Crippen LogP contribution in [0.25, 0.3) is 5.69 Å². The van der Waals surface area contributed by atoms with Gasteiger partial charge in [0.2, 0.25) is 5.28 Å². The highest BCUT2D eigenvalue weighted by molar-refractivity contribution is 9.10. The van der Waals surface area contributed by atoms with Gasteiger partial charge in [-0.25, -0.2) is 0 Å². The summed E-state index contributed by atoms with van der Waals surface area (Å²) in [5.41, 5.74) is 0.810. The SMILES string of the molecule is COc1ccc(Br)cc1-n1c(C)nnc1Cl. The summed E-state index contributed by atoms with van der Waals surface area (Å²) in [6.45, 7) is 1.83. The predicted octanol–water partition coefficient (Wildman–Crippen LogP) is 3.00. The van der Waals surface area contributed by atoms with Crippen molar-refractivity contribution in [2.45, 2.75) is 6.92 Å². The number of rotatable bonds is 2. The maximum Gasteiger partial charge on any atom is 0.229 e. The van der Waals surface area contributed by atoms with Gasteiger partial charge < -0.3 is 4.74 Å². The smallest absolute Gasteiger partial charge is 0.229 e. The van der Waals surface area contributed by atoms with Gasteiger partial charge in [0, 0.05) is 4.47 Å². The Hall–Kier alpha value is -1.07. The van der Waals surface area contributed by atoms with Crippen LogP contribution in [0.4, 0.5) is 0 Å². The minimum absolute atomic E-state index is 0.314. The van der Waals surface area contributed by atoms with Crippen LogP contribution in [0, 0.1) is 6.92 Å². The Labute approximate surface area is 106 Å². The minimum atomic E-state index is 0.314. The number of hydrogen-bond donors (Lipinski definition) is 0. The molecule has 16 heavy (non-hydrogen) atoms. The summed E-state index contributed by atoms with van der Waals surface area (Å²) < 4.78 is 7.94. The van der Waals surface area contributed by atoms with Gasteiger partial charge in [-0.1, -0.05) is 15.9 Å². The molecule has 2 rings (SSSR count). The number of aromatic nitrogens is 3. The molecule has 0 saturated heterocycles. The Morgan fingerprint density at radius 3 is 2.69 bits per heavy atom. The lowest BCUT2D eigenvalue weighted by molar-refractivity contribution is 0.412. The second kappa shape index (κ2) is 4.43. The van der Waals surface area contributed by atoms with Crippen molar-refractivity contribution >= 4 is 27.5 Å². The van der Waals surface area contributed by atoms with Crippen molar-refractivity contribution in [1.82, 2.24) is 14.8 Å². The fraction of sp³-hybridized carbons (Fsp3) is 0.200. The normalized spacial score (nSPS) is 10.5. The zero-order valence-corrected chi connectivity index (χ0v) is 11.1. The van der Waals surface area contributed by atoms with Crippen LogP contribution in [0.2, 0.25) is 5.28 Å². The first-order valence-electron chi connectivity index (χ1n) is 4.55. The summed E-state index contributed by atoms with van der Waals surface area (Å²) in [6, 6.07) is 5.66. The zero-order chi connectivity index (χ0) is 11.7. The highest BCUT2D eigenvalue weighted by Crippen LogP contribution is 2.29. The molecule has 0 aliphatic carbocycles. The van der Waals surface area contributed by atoms with E-state index in [9.17, 15) is 0 Å². The molecule has 0 N–H and O–H groups in total. The molecule has 0 bridgehead atoms. The highest BCUT2D eigenvalue weighted by atomic mass is 79.9. The second-order valence-corrected chi connectivity index (χ2v) is 4.42. The number of nitrogens with zero attached hydrogens (tertiary/aromatic N) is 3. The van der Waals surface area contributed by atoms with E-state index in [4.69, 9.17) is 16.3 Å². The van der Waals surface area contributed by atoms with Crippen LogP contribution >= 0.6 is 27.5 Å². The monoisotopic (exact) mass is 301 g/mol. The van der Waals surface area contributed by atoms with Gasteiger partial charge in [0.1, 0.15) is 11.6 Å². The lowest BCUT2D eigenvalue weighted by atomic mass is 10.3. The van der Waals surface area contributed by atoms with E-state index in [1.54, 1.807) is 11.7 Å². The number of ether oxygens (including phenoxy) is 1. The van der Waals surface area contributed by atoms with E-state index in [2.05, 4.69) is 26.1 Å². The van der Waals surface area contributed by atoms with Crippen LogP contribution in [0.3, 0.4) is 0 Å². The van der Waals surface area contributed by atoms with Gasteiger partial charge in [-0.15, -0.1) is 10.2 Å². The molecule has 1 aromatic carbocycles. The molecule has 6 heteroatoms. The van der Waals surface area contributed by atoms with E-state index in [0.717, 1.165) is 10.2 Å². The Balaban J connectivity index is 2.67.